The van der Waals surface area contributed by atoms with Gasteiger partial charge in [-0.15, -0.1) is 0 Å². The van der Waals surface area contributed by atoms with E-state index in [1.54, 1.807) is 0 Å². The Kier molecular flexibility index (Phi) is 6.17. The fourth-order valence-electron chi connectivity index (χ4n) is 3.03. The Balaban J connectivity index is 0.000000364. The van der Waals surface area contributed by atoms with Crippen molar-refractivity contribution in [3.63, 3.8) is 0 Å². The van der Waals surface area contributed by atoms with Gasteiger partial charge in [0.2, 0.25) is 0 Å². The van der Waals surface area contributed by atoms with Crippen LogP contribution in [0, 0.1) is 21.7 Å². The van der Waals surface area contributed by atoms with Crippen LogP contribution in [0.25, 0.3) is 0 Å². The molecule has 0 saturated heterocycles. The first-order valence-corrected chi connectivity index (χ1v) is 8.09. The molecule has 21 heavy (non-hydrogen) atoms. The average Bonchev–Trinajstić information content (AvgIpc) is 3.16. The molecule has 128 valence electrons. The summed E-state index contributed by atoms with van der Waals surface area (Å²) in [5, 5.41) is 19.6. The van der Waals surface area contributed by atoms with Gasteiger partial charge in [0, 0.05) is 0 Å². The summed E-state index contributed by atoms with van der Waals surface area (Å²) in [7, 11) is 0. The minimum absolute atomic E-state index is 0. The molecule has 2 nitrogen and oxygen atoms in total. The van der Waals surface area contributed by atoms with Gasteiger partial charge in [0.05, 0.1) is 12.2 Å². The molecule has 0 aromatic rings. The molecule has 2 aliphatic carbocycles. The molecule has 2 atom stereocenters. The van der Waals surface area contributed by atoms with Crippen LogP contribution in [0.2, 0.25) is 0 Å². The molecule has 0 spiro atoms. The Hall–Kier alpha value is -0.0800. The second-order valence-corrected chi connectivity index (χ2v) is 9.85. The predicted molar refractivity (Wildman–Crippen MR) is 92.3 cm³/mol. The topological polar surface area (TPSA) is 40.5 Å². The van der Waals surface area contributed by atoms with Crippen LogP contribution in [-0.4, -0.2) is 22.4 Å². The molecule has 0 radical (unpaired) electrons. The highest BCUT2D eigenvalue weighted by atomic mass is 16.3. The van der Waals surface area contributed by atoms with E-state index < -0.39 is 0 Å². The summed E-state index contributed by atoms with van der Waals surface area (Å²) in [5.41, 5.74) is 0.618. The highest BCUT2D eigenvalue weighted by Gasteiger charge is 2.49. The normalized spacial score (nSPS) is 24.9. The van der Waals surface area contributed by atoms with Gasteiger partial charge in [-0.1, -0.05) is 62.8 Å². The maximum atomic E-state index is 9.78. The molecule has 0 heterocycles. The Morgan fingerprint density at radius 1 is 0.667 bits per heavy atom. The summed E-state index contributed by atoms with van der Waals surface area (Å²) >= 11 is 0. The molecular weight excluding hydrogens is 260 g/mol. The van der Waals surface area contributed by atoms with Crippen LogP contribution >= 0.6 is 0 Å². The second kappa shape index (κ2) is 6.20. The predicted octanol–water partition coefficient (Wildman–Crippen LogP) is 5.02. The number of hydrogen-bond donors (Lipinski definition) is 2. The summed E-state index contributed by atoms with van der Waals surface area (Å²) < 4.78 is 0. The van der Waals surface area contributed by atoms with Crippen LogP contribution < -0.4 is 0 Å². The number of aliphatic hydroxyl groups is 2. The number of rotatable bonds is 2. The third-order valence-corrected chi connectivity index (χ3v) is 5.04. The van der Waals surface area contributed by atoms with Gasteiger partial charge in [-0.3, -0.25) is 0 Å². The summed E-state index contributed by atoms with van der Waals surface area (Å²) in [6, 6.07) is 0. The maximum Gasteiger partial charge on any atom is 0.0641 e. The lowest BCUT2D eigenvalue weighted by molar-refractivity contribution is 0.00662. The van der Waals surface area contributed by atoms with E-state index in [0.717, 1.165) is 0 Å². The van der Waals surface area contributed by atoms with Crippen LogP contribution in [0.4, 0.5) is 0 Å². The molecule has 0 aromatic carbocycles. The fraction of sp³-hybridized carbons (Fsp3) is 1.00. The number of aliphatic hydroxyl groups excluding tert-OH is 2. The molecule has 2 aliphatic rings. The molecule has 2 fully saturated rings. The smallest absolute Gasteiger partial charge is 0.0641 e. The van der Waals surface area contributed by atoms with Crippen LogP contribution in [0.5, 0.6) is 0 Å². The van der Waals surface area contributed by atoms with Gasteiger partial charge in [-0.2, -0.15) is 0 Å². The first-order valence-electron chi connectivity index (χ1n) is 8.09. The van der Waals surface area contributed by atoms with Gasteiger partial charge in [0.25, 0.3) is 0 Å². The average molecular weight is 301 g/mol. The van der Waals surface area contributed by atoms with Gasteiger partial charge in [-0.05, 0) is 47.3 Å². The monoisotopic (exact) mass is 300 g/mol. The van der Waals surface area contributed by atoms with Crippen molar-refractivity contribution in [3.8, 4) is 0 Å². The SMILES string of the molecule is C.CC(C)(C)C(O)C1(C)CC1.CC(C)(C)C(O)C1(C)CC1. The van der Waals surface area contributed by atoms with Crippen molar-refractivity contribution < 1.29 is 10.2 Å². The van der Waals surface area contributed by atoms with Gasteiger partial charge in [-0.25, -0.2) is 0 Å². The summed E-state index contributed by atoms with van der Waals surface area (Å²) in [6.45, 7) is 16.9. The maximum absolute atomic E-state index is 9.78. The lowest BCUT2D eigenvalue weighted by Gasteiger charge is -2.30. The highest BCUT2D eigenvalue weighted by molar-refractivity contribution is 4.99. The lowest BCUT2D eigenvalue weighted by Crippen LogP contribution is -2.33. The van der Waals surface area contributed by atoms with Gasteiger partial charge in [0.1, 0.15) is 0 Å². The Bertz CT molecular complexity index is 280. The first-order chi connectivity index (χ1) is 8.72. The largest absolute Gasteiger partial charge is 0.392 e. The van der Waals surface area contributed by atoms with E-state index in [1.807, 2.05) is 0 Å². The molecule has 2 heteroatoms. The molecule has 0 aliphatic heterocycles. The molecule has 2 rings (SSSR count). The minimum atomic E-state index is -0.125. The van der Waals surface area contributed by atoms with Crippen molar-refractivity contribution in [3.05, 3.63) is 0 Å². The van der Waals surface area contributed by atoms with Crippen molar-refractivity contribution in [1.29, 1.82) is 0 Å². The quantitative estimate of drug-likeness (QED) is 0.751. The third kappa shape index (κ3) is 5.56. The zero-order chi connectivity index (χ0) is 16.0. The van der Waals surface area contributed by atoms with E-state index >= 15 is 0 Å². The van der Waals surface area contributed by atoms with Crippen LogP contribution in [0.1, 0.15) is 88.5 Å². The van der Waals surface area contributed by atoms with Crippen LogP contribution in [0.3, 0.4) is 0 Å². The lowest BCUT2D eigenvalue weighted by atomic mass is 9.80. The van der Waals surface area contributed by atoms with E-state index in [1.165, 1.54) is 25.7 Å². The van der Waals surface area contributed by atoms with Crippen LogP contribution in [0.15, 0.2) is 0 Å². The van der Waals surface area contributed by atoms with Crippen molar-refractivity contribution in [1.82, 2.24) is 0 Å². The fourth-order valence-corrected chi connectivity index (χ4v) is 3.03. The van der Waals surface area contributed by atoms with Crippen molar-refractivity contribution in [2.75, 3.05) is 0 Å². The zero-order valence-electron chi connectivity index (χ0n) is 14.9. The second-order valence-electron chi connectivity index (χ2n) is 9.85. The van der Waals surface area contributed by atoms with Gasteiger partial charge >= 0.3 is 0 Å². The summed E-state index contributed by atoms with van der Waals surface area (Å²) in [6.07, 6.45) is 4.55. The molecule has 2 unspecified atom stereocenters. The van der Waals surface area contributed by atoms with Gasteiger partial charge < -0.3 is 10.2 Å². The van der Waals surface area contributed by atoms with Crippen molar-refractivity contribution in [2.24, 2.45) is 21.7 Å². The summed E-state index contributed by atoms with van der Waals surface area (Å²) in [4.78, 5) is 0. The molecule has 2 saturated carbocycles. The first kappa shape index (κ1) is 20.9. The summed E-state index contributed by atoms with van der Waals surface area (Å²) in [5.74, 6) is 0. The molecule has 0 amide bonds. The standard InChI is InChI=1S/2C9H18O.CH4/c2*1-8(2,3)7(10)9(4)5-6-9;/h2*7,10H,5-6H2,1-4H3;1H4. The molecule has 0 bridgehead atoms. The van der Waals surface area contributed by atoms with E-state index in [9.17, 15) is 10.2 Å². The Morgan fingerprint density at radius 3 is 0.905 bits per heavy atom. The molecule has 2 N–H and O–H groups in total. The third-order valence-electron chi connectivity index (χ3n) is 5.04. The van der Waals surface area contributed by atoms with E-state index in [-0.39, 0.29) is 41.3 Å². The van der Waals surface area contributed by atoms with Crippen LogP contribution in [-0.2, 0) is 0 Å². The van der Waals surface area contributed by atoms with Crippen molar-refractivity contribution in [2.45, 2.75) is 101 Å². The molecule has 0 aromatic heterocycles. The Morgan fingerprint density at radius 2 is 0.857 bits per heavy atom. The molecular formula is C19H40O2. The highest BCUT2D eigenvalue weighted by Crippen LogP contribution is 2.53. The van der Waals surface area contributed by atoms with E-state index in [2.05, 4.69) is 55.4 Å². The minimum Gasteiger partial charge on any atom is -0.392 e. The van der Waals surface area contributed by atoms with E-state index in [0.29, 0.717) is 0 Å². The Labute approximate surface area is 133 Å². The zero-order valence-corrected chi connectivity index (χ0v) is 14.9. The van der Waals surface area contributed by atoms with Gasteiger partial charge in [0.15, 0.2) is 0 Å². The number of hydrogen-bond acceptors (Lipinski definition) is 2. The van der Waals surface area contributed by atoms with Crippen molar-refractivity contribution >= 4 is 0 Å². The van der Waals surface area contributed by atoms with E-state index in [4.69, 9.17) is 0 Å².